The van der Waals surface area contributed by atoms with Crippen molar-refractivity contribution < 1.29 is 19.1 Å². The van der Waals surface area contributed by atoms with Crippen LogP contribution in [0, 0.1) is 16.7 Å². The molecule has 0 N–H and O–H groups in total. The van der Waals surface area contributed by atoms with Gasteiger partial charge in [0.1, 0.15) is 12.1 Å². The molecule has 5 nitrogen and oxygen atoms in total. The Morgan fingerprint density at radius 3 is 2.19 bits per heavy atom. The van der Waals surface area contributed by atoms with Crippen molar-refractivity contribution >= 4 is 17.8 Å². The minimum Gasteiger partial charge on any atom is -0.460 e. The zero-order chi connectivity index (χ0) is 18.9. The second-order valence-corrected chi connectivity index (χ2v) is 8.74. The molecule has 2 aliphatic carbocycles. The Morgan fingerprint density at radius 1 is 1.15 bits per heavy atom. The zero-order valence-corrected chi connectivity index (χ0v) is 15.7. The molecule has 0 radical (unpaired) electrons. The van der Waals surface area contributed by atoms with Gasteiger partial charge in [-0.1, -0.05) is 32.9 Å². The van der Waals surface area contributed by atoms with Gasteiger partial charge in [-0.2, -0.15) is 0 Å². The lowest BCUT2D eigenvalue weighted by molar-refractivity contribution is -0.161. The summed E-state index contributed by atoms with van der Waals surface area (Å²) in [6.45, 7) is 8.29. The second kappa shape index (κ2) is 5.41. The van der Waals surface area contributed by atoms with Crippen LogP contribution in [0.2, 0.25) is 0 Å². The van der Waals surface area contributed by atoms with Crippen molar-refractivity contribution in [3.8, 4) is 0 Å². The van der Waals surface area contributed by atoms with E-state index in [0.717, 1.165) is 17.7 Å². The van der Waals surface area contributed by atoms with Crippen molar-refractivity contribution in [2.75, 3.05) is 0 Å². The van der Waals surface area contributed by atoms with E-state index in [0.29, 0.717) is 17.0 Å². The van der Waals surface area contributed by atoms with E-state index in [2.05, 4.69) is 20.8 Å². The predicted molar refractivity (Wildman–Crippen MR) is 95.5 cm³/mol. The van der Waals surface area contributed by atoms with Gasteiger partial charge in [0.2, 0.25) is 0 Å². The summed E-state index contributed by atoms with van der Waals surface area (Å²) in [4.78, 5) is 39.0. The Kier molecular flexibility index (Phi) is 3.59. The fourth-order valence-corrected chi connectivity index (χ4v) is 5.21. The van der Waals surface area contributed by atoms with Gasteiger partial charge in [-0.3, -0.25) is 14.5 Å². The standard InChI is InChI=1S/C21H25NO4/c1-12(22-17(23)14-7-5-6-8-15(14)18(22)24)19(25)26-16-11-13-9-10-21(16,4)20(13,2)3/h5-8,12-13,16H,9-11H2,1-4H3/t12-,13-,16+,21-/m1/s1. The number of fused-ring (bicyclic) bond motifs is 3. The molecule has 1 aliphatic heterocycles. The van der Waals surface area contributed by atoms with E-state index < -0.39 is 23.8 Å². The minimum atomic E-state index is -0.923. The molecule has 0 aromatic heterocycles. The molecule has 2 bridgehead atoms. The molecular weight excluding hydrogens is 330 g/mol. The average Bonchev–Trinajstić information content (AvgIpc) is 3.07. The minimum absolute atomic E-state index is 0.0466. The summed E-state index contributed by atoms with van der Waals surface area (Å²) in [6, 6.07) is 5.75. The quantitative estimate of drug-likeness (QED) is 0.615. The van der Waals surface area contributed by atoms with Crippen molar-refractivity contribution in [1.82, 2.24) is 4.90 Å². The Morgan fingerprint density at radius 2 is 1.73 bits per heavy atom. The third-order valence-electron chi connectivity index (χ3n) is 7.53. The monoisotopic (exact) mass is 355 g/mol. The van der Waals surface area contributed by atoms with Crippen LogP contribution in [0.15, 0.2) is 24.3 Å². The van der Waals surface area contributed by atoms with Crippen LogP contribution in [-0.2, 0) is 9.53 Å². The number of amides is 2. The molecule has 138 valence electrons. The number of esters is 1. The van der Waals surface area contributed by atoms with E-state index in [1.54, 1.807) is 31.2 Å². The molecule has 1 heterocycles. The lowest BCUT2D eigenvalue weighted by atomic mass is 9.70. The van der Waals surface area contributed by atoms with Gasteiger partial charge in [0.15, 0.2) is 0 Å². The number of ether oxygens (including phenoxy) is 1. The van der Waals surface area contributed by atoms with Crippen LogP contribution in [0.5, 0.6) is 0 Å². The number of nitrogens with zero attached hydrogens (tertiary/aromatic N) is 1. The molecule has 1 aromatic rings. The number of imide groups is 1. The van der Waals surface area contributed by atoms with Crippen molar-refractivity contribution in [3.63, 3.8) is 0 Å². The highest BCUT2D eigenvalue weighted by Crippen LogP contribution is 2.66. The van der Waals surface area contributed by atoms with Crippen LogP contribution in [0.1, 0.15) is 67.7 Å². The smallest absolute Gasteiger partial charge is 0.329 e. The topological polar surface area (TPSA) is 63.7 Å². The van der Waals surface area contributed by atoms with Crippen molar-refractivity contribution in [3.05, 3.63) is 35.4 Å². The van der Waals surface area contributed by atoms with Gasteiger partial charge in [0.25, 0.3) is 11.8 Å². The lowest BCUT2D eigenvalue weighted by Gasteiger charge is -2.39. The normalized spacial score (nSPS) is 32.7. The van der Waals surface area contributed by atoms with Crippen LogP contribution in [0.25, 0.3) is 0 Å². The predicted octanol–water partition coefficient (Wildman–Crippen LogP) is 3.43. The molecule has 4 atom stereocenters. The summed E-state index contributed by atoms with van der Waals surface area (Å²) >= 11 is 0. The van der Waals surface area contributed by atoms with Crippen LogP contribution in [0.3, 0.4) is 0 Å². The highest BCUT2D eigenvalue weighted by atomic mass is 16.5. The largest absolute Gasteiger partial charge is 0.460 e. The highest BCUT2D eigenvalue weighted by Gasteiger charge is 2.63. The maximum Gasteiger partial charge on any atom is 0.329 e. The summed E-state index contributed by atoms with van der Waals surface area (Å²) in [7, 11) is 0. The maximum absolute atomic E-state index is 12.8. The van der Waals surface area contributed by atoms with Crippen LogP contribution < -0.4 is 0 Å². The SMILES string of the molecule is C[C@H](C(=O)O[C@H]1C[C@H]2CC[C@@]1(C)C2(C)C)N1C(=O)c2ccccc2C1=O. The number of hydrogen-bond donors (Lipinski definition) is 0. The maximum atomic E-state index is 12.8. The molecule has 2 fully saturated rings. The summed E-state index contributed by atoms with van der Waals surface area (Å²) < 4.78 is 5.87. The number of benzene rings is 1. The van der Waals surface area contributed by atoms with Gasteiger partial charge >= 0.3 is 5.97 Å². The summed E-state index contributed by atoms with van der Waals surface area (Å²) in [5.41, 5.74) is 0.793. The molecule has 3 aliphatic rings. The molecule has 1 aromatic carbocycles. The fraction of sp³-hybridized carbons (Fsp3) is 0.571. The average molecular weight is 355 g/mol. The van der Waals surface area contributed by atoms with Gasteiger partial charge in [0.05, 0.1) is 11.1 Å². The summed E-state index contributed by atoms with van der Waals surface area (Å²) in [5.74, 6) is -0.780. The van der Waals surface area contributed by atoms with Gasteiger partial charge in [-0.15, -0.1) is 0 Å². The van der Waals surface area contributed by atoms with Crippen LogP contribution in [-0.4, -0.2) is 34.8 Å². The first kappa shape index (κ1) is 17.3. The molecule has 0 saturated heterocycles. The number of carbonyl (C=O) groups is 3. The van der Waals surface area contributed by atoms with E-state index in [1.807, 2.05) is 0 Å². The molecule has 0 unspecified atom stereocenters. The summed E-state index contributed by atoms with van der Waals surface area (Å²) in [5, 5.41) is 0. The zero-order valence-electron chi connectivity index (χ0n) is 15.7. The van der Waals surface area contributed by atoms with Crippen molar-refractivity contribution in [1.29, 1.82) is 0 Å². The Hall–Kier alpha value is -2.17. The number of hydrogen-bond acceptors (Lipinski definition) is 4. The van der Waals surface area contributed by atoms with E-state index in [1.165, 1.54) is 6.42 Å². The van der Waals surface area contributed by atoms with Crippen LogP contribution >= 0.6 is 0 Å². The molecule has 2 amide bonds. The second-order valence-electron chi connectivity index (χ2n) is 8.74. The molecule has 0 spiro atoms. The first-order chi connectivity index (χ1) is 12.2. The third-order valence-corrected chi connectivity index (χ3v) is 7.53. The van der Waals surface area contributed by atoms with E-state index in [9.17, 15) is 14.4 Å². The lowest BCUT2D eigenvalue weighted by Crippen LogP contribution is -2.46. The van der Waals surface area contributed by atoms with Gasteiger partial charge < -0.3 is 4.74 Å². The Balaban J connectivity index is 1.52. The highest BCUT2D eigenvalue weighted by molar-refractivity contribution is 6.22. The molecular formula is C21H25NO4. The van der Waals surface area contributed by atoms with Crippen molar-refractivity contribution in [2.45, 2.75) is 59.1 Å². The summed E-state index contributed by atoms with van der Waals surface area (Å²) in [6.07, 6.45) is 2.93. The Labute approximate surface area is 153 Å². The molecule has 2 saturated carbocycles. The van der Waals surface area contributed by atoms with Gasteiger partial charge in [0, 0.05) is 5.41 Å². The molecule has 5 heteroatoms. The molecule has 26 heavy (non-hydrogen) atoms. The third kappa shape index (κ3) is 2.06. The van der Waals surface area contributed by atoms with Gasteiger partial charge in [-0.25, -0.2) is 4.79 Å². The van der Waals surface area contributed by atoms with Crippen LogP contribution in [0.4, 0.5) is 0 Å². The van der Waals surface area contributed by atoms with E-state index in [4.69, 9.17) is 4.74 Å². The number of carbonyl (C=O) groups excluding carboxylic acids is 3. The fourth-order valence-electron chi connectivity index (χ4n) is 5.21. The first-order valence-corrected chi connectivity index (χ1v) is 9.36. The van der Waals surface area contributed by atoms with Crippen molar-refractivity contribution in [2.24, 2.45) is 16.7 Å². The first-order valence-electron chi connectivity index (χ1n) is 9.36. The number of rotatable bonds is 3. The molecule has 4 rings (SSSR count). The van der Waals surface area contributed by atoms with Gasteiger partial charge in [-0.05, 0) is 49.7 Å². The Bertz CT molecular complexity index is 779. The van der Waals surface area contributed by atoms with E-state index >= 15 is 0 Å². The van der Waals surface area contributed by atoms with E-state index in [-0.39, 0.29) is 16.9 Å².